The number of benzene rings is 1. The number of fused-ring (bicyclic) bond motifs is 1. The van der Waals surface area contributed by atoms with Gasteiger partial charge in [-0.3, -0.25) is 9.83 Å². The summed E-state index contributed by atoms with van der Waals surface area (Å²) in [5.74, 6) is 1.04. The van der Waals surface area contributed by atoms with E-state index in [4.69, 9.17) is 14.6 Å². The fourth-order valence-electron chi connectivity index (χ4n) is 3.43. The molecule has 0 spiro atoms. The molecule has 0 fully saturated rings. The number of ether oxygens (including phenoxy) is 1. The lowest BCUT2D eigenvalue weighted by molar-refractivity contribution is 0.0621. The van der Waals surface area contributed by atoms with Crippen molar-refractivity contribution in [1.29, 1.82) is 0 Å². The number of aryl methyl sites for hydroxylation is 2. The van der Waals surface area contributed by atoms with E-state index in [0.29, 0.717) is 24.0 Å². The van der Waals surface area contributed by atoms with Gasteiger partial charge in [0.05, 0.1) is 34.4 Å². The smallest absolute Gasteiger partial charge is 0.238 e. The number of pyridine rings is 1. The molecule has 1 aliphatic heterocycles. The zero-order valence-corrected chi connectivity index (χ0v) is 17.6. The van der Waals surface area contributed by atoms with Crippen molar-refractivity contribution in [3.05, 3.63) is 64.8 Å². The van der Waals surface area contributed by atoms with Gasteiger partial charge >= 0.3 is 0 Å². The summed E-state index contributed by atoms with van der Waals surface area (Å²) in [7, 11) is 1.60. The minimum atomic E-state index is -0.142. The number of aliphatic imine (C=N–C) groups is 1. The Morgan fingerprint density at radius 3 is 2.90 bits per heavy atom. The summed E-state index contributed by atoms with van der Waals surface area (Å²) in [6.45, 7) is 4.39. The number of thiazole rings is 1. The summed E-state index contributed by atoms with van der Waals surface area (Å²) < 4.78 is 8.57. The zero-order valence-electron chi connectivity index (χ0n) is 16.8. The first-order valence-corrected chi connectivity index (χ1v) is 10.3. The van der Waals surface area contributed by atoms with Crippen molar-refractivity contribution in [1.82, 2.24) is 25.0 Å². The van der Waals surface area contributed by atoms with Crippen molar-refractivity contribution in [2.24, 2.45) is 4.99 Å². The van der Waals surface area contributed by atoms with Crippen LogP contribution in [0.5, 0.6) is 5.88 Å². The summed E-state index contributed by atoms with van der Waals surface area (Å²) >= 11 is 1.69. The van der Waals surface area contributed by atoms with Crippen molar-refractivity contribution in [2.45, 2.75) is 19.9 Å². The Kier molecular flexibility index (Phi) is 4.68. The van der Waals surface area contributed by atoms with Gasteiger partial charge < -0.3 is 9.30 Å². The van der Waals surface area contributed by atoms with E-state index in [9.17, 15) is 0 Å². The molecule has 0 radical (unpaired) electrons. The van der Waals surface area contributed by atoms with Crippen LogP contribution >= 0.6 is 11.3 Å². The van der Waals surface area contributed by atoms with Crippen molar-refractivity contribution in [2.75, 3.05) is 13.7 Å². The Bertz CT molecular complexity index is 1260. The maximum atomic E-state index is 5.62. The first-order chi connectivity index (χ1) is 14.6. The van der Waals surface area contributed by atoms with Gasteiger partial charge in [0.1, 0.15) is 24.0 Å². The molecule has 9 heteroatoms. The quantitative estimate of drug-likeness (QED) is 0.544. The van der Waals surface area contributed by atoms with Crippen LogP contribution in [-0.4, -0.2) is 39.1 Å². The highest BCUT2D eigenvalue weighted by atomic mass is 32.1. The molecule has 1 atom stereocenters. The third-order valence-corrected chi connectivity index (χ3v) is 5.82. The summed E-state index contributed by atoms with van der Waals surface area (Å²) in [4.78, 5) is 23.9. The highest BCUT2D eigenvalue weighted by Crippen LogP contribution is 2.28. The molecule has 4 heterocycles. The second kappa shape index (κ2) is 7.51. The van der Waals surface area contributed by atoms with Crippen molar-refractivity contribution < 1.29 is 9.57 Å². The Morgan fingerprint density at radius 2 is 2.10 bits per heavy atom. The van der Waals surface area contributed by atoms with Gasteiger partial charge in [0.15, 0.2) is 5.84 Å². The van der Waals surface area contributed by atoms with E-state index in [0.717, 1.165) is 27.5 Å². The van der Waals surface area contributed by atoms with E-state index in [1.54, 1.807) is 24.8 Å². The summed E-state index contributed by atoms with van der Waals surface area (Å²) in [6, 6.07) is 9.93. The van der Waals surface area contributed by atoms with Crippen molar-refractivity contribution >= 4 is 27.4 Å². The Labute approximate surface area is 177 Å². The van der Waals surface area contributed by atoms with Gasteiger partial charge in [-0.05, 0) is 43.7 Å². The summed E-state index contributed by atoms with van der Waals surface area (Å²) in [5.41, 5.74) is 7.31. The van der Waals surface area contributed by atoms with E-state index >= 15 is 0 Å². The number of nitrogens with zero attached hydrogens (tertiary/aromatic N) is 5. The van der Waals surface area contributed by atoms with Gasteiger partial charge in [0, 0.05) is 6.20 Å². The summed E-state index contributed by atoms with van der Waals surface area (Å²) in [5, 5.41) is 1.05. The first-order valence-electron chi connectivity index (χ1n) is 9.50. The van der Waals surface area contributed by atoms with Gasteiger partial charge in [0.2, 0.25) is 5.88 Å². The predicted octanol–water partition coefficient (Wildman–Crippen LogP) is 3.53. The number of hydrogen-bond donors (Lipinski definition) is 1. The topological polar surface area (TPSA) is 86.5 Å². The number of imidazole rings is 1. The SMILES string of the molecule is COc1nc(C2=NC(c3ccc4sc(C)nc4c3)CON2)ccc1-n1cnc(C)c1. The molecule has 0 amide bonds. The van der Waals surface area contributed by atoms with E-state index in [1.807, 2.05) is 36.7 Å². The van der Waals surface area contributed by atoms with Crippen LogP contribution in [0.25, 0.3) is 15.9 Å². The van der Waals surface area contributed by atoms with Crippen molar-refractivity contribution in [3.8, 4) is 11.6 Å². The number of aromatic nitrogens is 4. The number of hydrogen-bond acceptors (Lipinski definition) is 8. The van der Waals surface area contributed by atoms with E-state index in [1.165, 1.54) is 4.70 Å². The Balaban J connectivity index is 1.48. The van der Waals surface area contributed by atoms with Crippen LogP contribution in [0.2, 0.25) is 0 Å². The maximum Gasteiger partial charge on any atom is 0.238 e. The molecule has 8 nitrogen and oxygen atoms in total. The van der Waals surface area contributed by atoms with Crippen LogP contribution < -0.4 is 10.2 Å². The molecular formula is C21H20N6O2S. The molecule has 0 aliphatic carbocycles. The molecule has 5 rings (SSSR count). The second-order valence-electron chi connectivity index (χ2n) is 7.01. The fourth-order valence-corrected chi connectivity index (χ4v) is 4.24. The number of hydroxylamine groups is 1. The third-order valence-electron chi connectivity index (χ3n) is 4.86. The number of nitrogens with one attached hydrogen (secondary N) is 1. The van der Waals surface area contributed by atoms with E-state index in [2.05, 4.69) is 38.6 Å². The minimum absolute atomic E-state index is 0.142. The molecule has 152 valence electrons. The highest BCUT2D eigenvalue weighted by molar-refractivity contribution is 7.18. The van der Waals surface area contributed by atoms with Crippen LogP contribution in [0.15, 0.2) is 47.8 Å². The zero-order chi connectivity index (χ0) is 20.7. The molecule has 4 aromatic rings. The molecule has 0 bridgehead atoms. The van der Waals surface area contributed by atoms with E-state index in [-0.39, 0.29) is 6.04 Å². The van der Waals surface area contributed by atoms with Gasteiger partial charge in [0.25, 0.3) is 0 Å². The lowest BCUT2D eigenvalue weighted by Crippen LogP contribution is -2.33. The third kappa shape index (κ3) is 3.42. The lowest BCUT2D eigenvalue weighted by Gasteiger charge is -2.22. The number of rotatable bonds is 4. The molecular weight excluding hydrogens is 400 g/mol. The van der Waals surface area contributed by atoms with Gasteiger partial charge in [-0.1, -0.05) is 6.07 Å². The van der Waals surface area contributed by atoms with Crippen LogP contribution in [0.4, 0.5) is 0 Å². The first kappa shape index (κ1) is 18.7. The molecule has 1 unspecified atom stereocenters. The van der Waals surface area contributed by atoms with Crippen LogP contribution in [0, 0.1) is 13.8 Å². The average molecular weight is 420 g/mol. The van der Waals surface area contributed by atoms with Gasteiger partial charge in [-0.25, -0.2) is 20.4 Å². The molecule has 1 N–H and O–H groups in total. The molecule has 0 saturated heterocycles. The normalized spacial score (nSPS) is 16.4. The lowest BCUT2D eigenvalue weighted by atomic mass is 10.1. The fraction of sp³-hybridized carbons (Fsp3) is 0.238. The highest BCUT2D eigenvalue weighted by Gasteiger charge is 2.21. The van der Waals surface area contributed by atoms with Crippen molar-refractivity contribution in [3.63, 3.8) is 0 Å². The van der Waals surface area contributed by atoms with Crippen LogP contribution in [0.3, 0.4) is 0 Å². The minimum Gasteiger partial charge on any atom is -0.479 e. The largest absolute Gasteiger partial charge is 0.479 e. The molecule has 1 aliphatic rings. The molecule has 3 aromatic heterocycles. The maximum absolute atomic E-state index is 5.62. The molecule has 0 saturated carbocycles. The Morgan fingerprint density at radius 1 is 1.20 bits per heavy atom. The van der Waals surface area contributed by atoms with Gasteiger partial charge in [-0.2, -0.15) is 0 Å². The molecule has 1 aromatic carbocycles. The Hall–Kier alpha value is -3.30. The monoisotopic (exact) mass is 420 g/mol. The second-order valence-corrected chi connectivity index (χ2v) is 8.25. The van der Waals surface area contributed by atoms with E-state index < -0.39 is 0 Å². The number of amidine groups is 1. The van der Waals surface area contributed by atoms with Gasteiger partial charge in [-0.15, -0.1) is 11.3 Å². The van der Waals surface area contributed by atoms with Crippen LogP contribution in [0.1, 0.15) is 28.0 Å². The number of methoxy groups -OCH3 is 1. The summed E-state index contributed by atoms with van der Waals surface area (Å²) in [6.07, 6.45) is 3.66. The predicted molar refractivity (Wildman–Crippen MR) is 115 cm³/mol. The van der Waals surface area contributed by atoms with Crippen LogP contribution in [-0.2, 0) is 4.84 Å². The molecule has 30 heavy (non-hydrogen) atoms. The standard InChI is InChI=1S/C21H20N6O2S/c1-12-9-27(11-22-12)18-6-5-15(25-21(18)28-3)20-24-17(10-29-26-20)14-4-7-19-16(8-14)23-13(2)30-19/h4-9,11,17H,10H2,1-3H3,(H,24,26). The average Bonchev–Trinajstić information content (AvgIpc) is 3.37.